The van der Waals surface area contributed by atoms with Gasteiger partial charge in [-0.3, -0.25) is 19.9 Å². The van der Waals surface area contributed by atoms with E-state index in [4.69, 9.17) is 9.47 Å². The Morgan fingerprint density at radius 1 is 1.02 bits per heavy atom. The Balaban J connectivity index is 1.28. The van der Waals surface area contributed by atoms with Crippen LogP contribution in [0.4, 0.5) is 18.3 Å². The van der Waals surface area contributed by atoms with E-state index in [1.807, 2.05) is 4.90 Å². The van der Waals surface area contributed by atoms with Gasteiger partial charge in [0, 0.05) is 42.5 Å². The van der Waals surface area contributed by atoms with Crippen molar-refractivity contribution in [2.75, 3.05) is 37.8 Å². The smallest absolute Gasteiger partial charge is 0.453 e. The third-order valence-corrected chi connectivity index (χ3v) is 11.0. The van der Waals surface area contributed by atoms with Crippen molar-refractivity contribution in [2.45, 2.75) is 56.1 Å². The fourth-order valence-electron chi connectivity index (χ4n) is 6.37. The van der Waals surface area contributed by atoms with E-state index in [2.05, 4.69) is 20.2 Å². The van der Waals surface area contributed by atoms with Gasteiger partial charge in [0.25, 0.3) is 5.91 Å². The predicted octanol–water partition coefficient (Wildman–Crippen LogP) is 6.06. The second-order valence-corrected chi connectivity index (χ2v) is 15.8. The SMILES string of the molecule is Cc1cccnc1-c1cc(Oc2ccc(S(C)(=O)=O)cc2)c(OC(=O)C(F)(F)F)c(C(=O)Nc2nc(CC(=O)N3CCC(N4CCCC4)CC3)cs2)c1. The number of esters is 1. The number of hydrogen-bond acceptors (Lipinski definition) is 11. The average Bonchev–Trinajstić information content (AvgIpc) is 3.81. The van der Waals surface area contributed by atoms with Gasteiger partial charge >= 0.3 is 12.1 Å². The number of aromatic nitrogens is 2. The predicted molar refractivity (Wildman–Crippen MR) is 190 cm³/mol. The molecule has 0 saturated carbocycles. The highest BCUT2D eigenvalue weighted by atomic mass is 32.2. The minimum absolute atomic E-state index is 0.000252. The van der Waals surface area contributed by atoms with Crippen LogP contribution in [0.15, 0.2) is 65.0 Å². The molecule has 2 aliphatic heterocycles. The van der Waals surface area contributed by atoms with Gasteiger partial charge in [-0.15, -0.1) is 11.3 Å². The first-order valence-electron chi connectivity index (χ1n) is 16.8. The molecule has 0 unspecified atom stereocenters. The molecule has 4 heterocycles. The number of piperidine rings is 1. The molecule has 6 rings (SSSR count). The molecular weight excluding hydrogens is 736 g/mol. The summed E-state index contributed by atoms with van der Waals surface area (Å²) in [6.45, 7) is 5.22. The Kier molecular flexibility index (Phi) is 11.2. The summed E-state index contributed by atoms with van der Waals surface area (Å²) in [6, 6.07) is 11.4. The number of likely N-dealkylation sites (tertiary alicyclic amines) is 2. The number of nitrogens with zero attached hydrogens (tertiary/aromatic N) is 4. The lowest BCUT2D eigenvalue weighted by Crippen LogP contribution is -2.46. The average molecular weight is 772 g/mol. The number of rotatable bonds is 10. The van der Waals surface area contributed by atoms with Crippen molar-refractivity contribution < 1.29 is 45.4 Å². The van der Waals surface area contributed by atoms with Gasteiger partial charge in [-0.25, -0.2) is 18.2 Å². The third-order valence-electron chi connectivity index (χ3n) is 9.07. The number of nitrogens with one attached hydrogen (secondary N) is 1. The maximum absolute atomic E-state index is 13.9. The summed E-state index contributed by atoms with van der Waals surface area (Å²) in [5.41, 5.74) is 1.13. The number of carbonyl (C=O) groups is 3. The van der Waals surface area contributed by atoms with Gasteiger partial charge in [-0.05, 0) is 93.7 Å². The molecule has 2 aromatic carbocycles. The van der Waals surface area contributed by atoms with Crippen LogP contribution in [0.3, 0.4) is 0 Å². The van der Waals surface area contributed by atoms with Crippen LogP contribution in [-0.4, -0.2) is 90.6 Å². The normalized spacial score (nSPS) is 15.7. The standard InChI is InChI=1S/C36H36F3N5O7S2/c1-22-6-5-13-40-31(22)23-18-28(32(51-34(47)36(37,38)39)29(19-23)50-26-7-9-27(10-8-26)53(2,48)49)33(46)42-35-41-24(21-52-35)20-30(45)44-16-11-25(12-17-44)43-14-3-4-15-43/h5-10,13,18-19,21,25H,3-4,11-12,14-17,20H2,1-2H3,(H,41,42,46). The number of benzene rings is 2. The first-order valence-corrected chi connectivity index (χ1v) is 19.6. The molecule has 12 nitrogen and oxygen atoms in total. The van der Waals surface area contributed by atoms with E-state index >= 15 is 0 Å². The van der Waals surface area contributed by atoms with E-state index in [1.54, 1.807) is 24.4 Å². The van der Waals surface area contributed by atoms with Gasteiger partial charge < -0.3 is 19.3 Å². The van der Waals surface area contributed by atoms with Crippen LogP contribution in [0.1, 0.15) is 47.3 Å². The molecular formula is C36H36F3N5O7S2. The summed E-state index contributed by atoms with van der Waals surface area (Å²) in [7, 11) is -3.58. The van der Waals surface area contributed by atoms with Crippen molar-refractivity contribution >= 4 is 44.1 Å². The quantitative estimate of drug-likeness (QED) is 0.149. The zero-order valence-electron chi connectivity index (χ0n) is 28.8. The lowest BCUT2D eigenvalue weighted by atomic mass is 10.0. The number of hydrogen-bond donors (Lipinski definition) is 1. The lowest BCUT2D eigenvalue weighted by molar-refractivity contribution is -0.189. The van der Waals surface area contributed by atoms with Crippen molar-refractivity contribution in [3.05, 3.63) is 76.9 Å². The van der Waals surface area contributed by atoms with E-state index in [9.17, 15) is 36.0 Å². The van der Waals surface area contributed by atoms with Crippen molar-refractivity contribution in [3.63, 3.8) is 0 Å². The van der Waals surface area contributed by atoms with Crippen LogP contribution in [0.5, 0.6) is 17.2 Å². The summed E-state index contributed by atoms with van der Waals surface area (Å²) in [6.07, 6.45) is 1.27. The highest BCUT2D eigenvalue weighted by molar-refractivity contribution is 7.90. The van der Waals surface area contributed by atoms with Gasteiger partial charge in [0.2, 0.25) is 5.91 Å². The molecule has 2 saturated heterocycles. The van der Waals surface area contributed by atoms with Gasteiger partial charge in [-0.1, -0.05) is 6.07 Å². The first kappa shape index (κ1) is 37.9. The molecule has 280 valence electrons. The van der Waals surface area contributed by atoms with Crippen LogP contribution < -0.4 is 14.8 Å². The summed E-state index contributed by atoms with van der Waals surface area (Å²) in [5.74, 6) is -5.03. The zero-order chi connectivity index (χ0) is 37.9. The van der Waals surface area contributed by atoms with Crippen LogP contribution in [0.25, 0.3) is 11.3 Å². The number of carbonyl (C=O) groups excluding carboxylic acids is 3. The molecule has 0 aliphatic carbocycles. The molecule has 2 amide bonds. The summed E-state index contributed by atoms with van der Waals surface area (Å²) < 4.78 is 75.2. The summed E-state index contributed by atoms with van der Waals surface area (Å²) >= 11 is 1.01. The second-order valence-electron chi connectivity index (χ2n) is 12.9. The van der Waals surface area contributed by atoms with Gasteiger partial charge in [-0.2, -0.15) is 13.2 Å². The molecule has 0 radical (unpaired) electrons. The largest absolute Gasteiger partial charge is 0.491 e. The summed E-state index contributed by atoms with van der Waals surface area (Å²) in [5, 5.41) is 4.21. The number of aryl methyl sites for hydroxylation is 1. The lowest BCUT2D eigenvalue weighted by Gasteiger charge is -2.36. The number of thiazole rings is 1. The van der Waals surface area contributed by atoms with E-state index in [0.717, 1.165) is 43.5 Å². The van der Waals surface area contributed by atoms with Gasteiger partial charge in [0.1, 0.15) is 5.75 Å². The van der Waals surface area contributed by atoms with Crippen molar-refractivity contribution in [1.29, 1.82) is 0 Å². The number of sulfone groups is 1. The Bertz CT molecular complexity index is 2110. The molecule has 2 fully saturated rings. The van der Waals surface area contributed by atoms with Crippen LogP contribution in [0, 0.1) is 6.92 Å². The zero-order valence-corrected chi connectivity index (χ0v) is 30.4. The monoisotopic (exact) mass is 771 g/mol. The molecule has 0 atom stereocenters. The van der Waals surface area contributed by atoms with Crippen molar-refractivity contribution in [3.8, 4) is 28.5 Å². The number of amides is 2. The van der Waals surface area contributed by atoms with E-state index in [1.165, 1.54) is 55.4 Å². The molecule has 2 aromatic heterocycles. The van der Waals surface area contributed by atoms with Crippen molar-refractivity contribution in [1.82, 2.24) is 19.8 Å². The number of alkyl halides is 3. The van der Waals surface area contributed by atoms with Crippen LogP contribution in [0.2, 0.25) is 0 Å². The number of halogens is 3. The fourth-order valence-corrected chi connectivity index (χ4v) is 7.71. The molecule has 4 aromatic rings. The van der Waals surface area contributed by atoms with E-state index in [0.29, 0.717) is 36.1 Å². The topological polar surface area (TPSA) is 148 Å². The molecule has 17 heteroatoms. The highest BCUT2D eigenvalue weighted by Crippen LogP contribution is 2.41. The van der Waals surface area contributed by atoms with Crippen molar-refractivity contribution in [2.24, 2.45) is 0 Å². The van der Waals surface area contributed by atoms with E-state index < -0.39 is 45.0 Å². The third kappa shape index (κ3) is 9.20. The first-order chi connectivity index (χ1) is 25.2. The molecule has 0 bridgehead atoms. The molecule has 53 heavy (non-hydrogen) atoms. The Morgan fingerprint density at radius 3 is 2.36 bits per heavy atom. The second kappa shape index (κ2) is 15.6. The Hall–Kier alpha value is -4.87. The van der Waals surface area contributed by atoms with Gasteiger partial charge in [0.15, 0.2) is 26.5 Å². The maximum atomic E-state index is 13.9. The van der Waals surface area contributed by atoms with Gasteiger partial charge in [0.05, 0.1) is 28.3 Å². The highest BCUT2D eigenvalue weighted by Gasteiger charge is 2.43. The van der Waals surface area contributed by atoms with Crippen LogP contribution in [-0.2, 0) is 25.8 Å². The molecule has 0 spiro atoms. The maximum Gasteiger partial charge on any atom is 0.491 e. The molecule has 1 N–H and O–H groups in total. The number of ether oxygens (including phenoxy) is 2. The Morgan fingerprint density at radius 2 is 1.72 bits per heavy atom. The number of anilines is 1. The molecule has 2 aliphatic rings. The fraction of sp³-hybridized carbons (Fsp3) is 0.361. The van der Waals surface area contributed by atoms with Crippen LogP contribution >= 0.6 is 11.3 Å². The minimum atomic E-state index is -5.43. The minimum Gasteiger partial charge on any atom is -0.453 e. The van der Waals surface area contributed by atoms with E-state index in [-0.39, 0.29) is 33.7 Å². The summed E-state index contributed by atoms with van der Waals surface area (Å²) in [4.78, 5) is 52.2. The Labute approximate surface area is 307 Å². The number of pyridine rings is 1.